The molecule has 4 aliphatic rings. The first kappa shape index (κ1) is 13.6. The van der Waals surface area contributed by atoms with Gasteiger partial charge >= 0.3 is 0 Å². The van der Waals surface area contributed by atoms with Crippen LogP contribution >= 0.6 is 0 Å². The fourth-order valence-electron chi connectivity index (χ4n) is 5.56. The Hall–Kier alpha value is -1.09. The molecular formula is C18H23FO2. The van der Waals surface area contributed by atoms with E-state index in [0.717, 1.165) is 11.8 Å². The standard InChI is InChI=1S/C18H23FO2/c1-21-14-2-3-15(16(19)9-14)18(20)17-12-5-10-4-11(7-12)8-13(17)6-10/h2-3,9-13,17-18,20H,4-8H2,1H3. The van der Waals surface area contributed by atoms with Crippen LogP contribution in [0.2, 0.25) is 0 Å². The van der Waals surface area contributed by atoms with Gasteiger partial charge in [-0.3, -0.25) is 0 Å². The van der Waals surface area contributed by atoms with Crippen molar-refractivity contribution in [1.29, 1.82) is 0 Å². The maximum atomic E-state index is 14.3. The lowest BCUT2D eigenvalue weighted by Gasteiger charge is -2.55. The summed E-state index contributed by atoms with van der Waals surface area (Å²) in [5.41, 5.74) is 0.452. The highest BCUT2D eigenvalue weighted by atomic mass is 19.1. The number of hydrogen-bond acceptors (Lipinski definition) is 2. The highest BCUT2D eigenvalue weighted by molar-refractivity contribution is 5.31. The van der Waals surface area contributed by atoms with Gasteiger partial charge in [0.2, 0.25) is 0 Å². The van der Waals surface area contributed by atoms with Gasteiger partial charge in [-0.2, -0.15) is 0 Å². The third-order valence-corrected chi connectivity index (χ3v) is 6.19. The van der Waals surface area contributed by atoms with Crippen LogP contribution in [-0.4, -0.2) is 12.2 Å². The predicted octanol–water partition coefficient (Wildman–Crippen LogP) is 3.94. The molecule has 21 heavy (non-hydrogen) atoms. The topological polar surface area (TPSA) is 29.5 Å². The van der Waals surface area contributed by atoms with Crippen molar-refractivity contribution in [1.82, 2.24) is 0 Å². The largest absolute Gasteiger partial charge is 0.497 e. The van der Waals surface area contributed by atoms with Gasteiger partial charge in [-0.25, -0.2) is 4.39 Å². The van der Waals surface area contributed by atoms with E-state index >= 15 is 0 Å². The van der Waals surface area contributed by atoms with Crippen LogP contribution < -0.4 is 4.74 Å². The molecule has 5 rings (SSSR count). The molecule has 2 nitrogen and oxygen atoms in total. The van der Waals surface area contributed by atoms with Crippen LogP contribution in [0.25, 0.3) is 0 Å². The number of aliphatic hydroxyl groups is 1. The molecule has 0 spiro atoms. The average Bonchev–Trinajstić information content (AvgIpc) is 2.45. The van der Waals surface area contributed by atoms with Gasteiger partial charge in [0.25, 0.3) is 0 Å². The van der Waals surface area contributed by atoms with Crippen molar-refractivity contribution < 1.29 is 14.2 Å². The fraction of sp³-hybridized carbons (Fsp3) is 0.667. The maximum absolute atomic E-state index is 14.3. The molecular weight excluding hydrogens is 267 g/mol. The Morgan fingerprint density at radius 1 is 1.10 bits per heavy atom. The molecule has 0 aliphatic heterocycles. The van der Waals surface area contributed by atoms with Crippen LogP contribution in [0.5, 0.6) is 5.75 Å². The molecule has 0 heterocycles. The van der Waals surface area contributed by atoms with E-state index in [9.17, 15) is 9.50 Å². The second kappa shape index (κ2) is 4.98. The third kappa shape index (κ3) is 2.17. The molecule has 114 valence electrons. The molecule has 4 bridgehead atoms. The number of hydrogen-bond donors (Lipinski definition) is 1. The summed E-state index contributed by atoms with van der Waals surface area (Å²) in [7, 11) is 1.53. The van der Waals surface area contributed by atoms with E-state index in [1.807, 2.05) is 0 Å². The minimum Gasteiger partial charge on any atom is -0.497 e. The van der Waals surface area contributed by atoms with E-state index in [2.05, 4.69) is 0 Å². The molecule has 0 aromatic heterocycles. The van der Waals surface area contributed by atoms with Gasteiger partial charge < -0.3 is 9.84 Å². The van der Waals surface area contributed by atoms with Crippen LogP contribution in [0.15, 0.2) is 18.2 Å². The second-order valence-corrected chi connectivity index (χ2v) is 7.34. The highest BCUT2D eigenvalue weighted by Crippen LogP contribution is 2.59. The zero-order valence-electron chi connectivity index (χ0n) is 12.5. The Morgan fingerprint density at radius 3 is 2.24 bits per heavy atom. The summed E-state index contributed by atoms with van der Waals surface area (Å²) in [6.45, 7) is 0. The summed E-state index contributed by atoms with van der Waals surface area (Å²) < 4.78 is 19.3. The summed E-state index contributed by atoms with van der Waals surface area (Å²) in [6.07, 6.45) is 5.70. The van der Waals surface area contributed by atoms with E-state index in [4.69, 9.17) is 4.74 Å². The van der Waals surface area contributed by atoms with Gasteiger partial charge in [0.15, 0.2) is 0 Å². The van der Waals surface area contributed by atoms with Crippen molar-refractivity contribution >= 4 is 0 Å². The second-order valence-electron chi connectivity index (χ2n) is 7.34. The average molecular weight is 290 g/mol. The van der Waals surface area contributed by atoms with Crippen LogP contribution in [0.3, 0.4) is 0 Å². The van der Waals surface area contributed by atoms with E-state index in [1.165, 1.54) is 45.3 Å². The van der Waals surface area contributed by atoms with E-state index in [1.54, 1.807) is 12.1 Å². The van der Waals surface area contributed by atoms with Gasteiger partial charge in [-0.15, -0.1) is 0 Å². The van der Waals surface area contributed by atoms with Crippen molar-refractivity contribution in [2.75, 3.05) is 7.11 Å². The van der Waals surface area contributed by atoms with Crippen molar-refractivity contribution in [2.45, 2.75) is 38.2 Å². The normalized spacial score (nSPS) is 38.5. The lowest BCUT2D eigenvalue weighted by atomic mass is 9.50. The Bertz CT molecular complexity index is 514. The number of aliphatic hydroxyl groups excluding tert-OH is 1. The Balaban J connectivity index is 1.61. The zero-order valence-corrected chi connectivity index (χ0v) is 12.5. The molecule has 4 aliphatic carbocycles. The number of methoxy groups -OCH3 is 1. The summed E-state index contributed by atoms with van der Waals surface area (Å²) in [5, 5.41) is 10.8. The van der Waals surface area contributed by atoms with Crippen molar-refractivity contribution in [3.8, 4) is 5.75 Å². The number of benzene rings is 1. The number of halogens is 1. The minimum absolute atomic E-state index is 0.251. The molecule has 1 unspecified atom stereocenters. The molecule has 0 saturated heterocycles. The molecule has 3 heteroatoms. The summed E-state index contributed by atoms with van der Waals surface area (Å²) in [4.78, 5) is 0. The monoisotopic (exact) mass is 290 g/mol. The van der Waals surface area contributed by atoms with Gasteiger partial charge in [-0.05, 0) is 73.8 Å². The molecule has 0 radical (unpaired) electrons. The van der Waals surface area contributed by atoms with E-state index < -0.39 is 6.10 Å². The van der Waals surface area contributed by atoms with Gasteiger partial charge in [0, 0.05) is 11.6 Å². The van der Waals surface area contributed by atoms with Gasteiger partial charge in [-0.1, -0.05) is 0 Å². The quantitative estimate of drug-likeness (QED) is 0.913. The third-order valence-electron chi connectivity index (χ3n) is 6.19. The van der Waals surface area contributed by atoms with Crippen molar-refractivity contribution in [2.24, 2.45) is 29.6 Å². The van der Waals surface area contributed by atoms with Crippen LogP contribution in [0, 0.1) is 35.4 Å². The first-order valence-corrected chi connectivity index (χ1v) is 8.17. The van der Waals surface area contributed by atoms with Crippen LogP contribution in [-0.2, 0) is 0 Å². The Kier molecular flexibility index (Phi) is 3.21. The van der Waals surface area contributed by atoms with Crippen LogP contribution in [0.4, 0.5) is 4.39 Å². The summed E-state index contributed by atoms with van der Waals surface area (Å²) in [5.74, 6) is 3.36. The fourth-order valence-corrected chi connectivity index (χ4v) is 5.56. The van der Waals surface area contributed by atoms with Crippen LogP contribution in [0.1, 0.15) is 43.8 Å². The van der Waals surface area contributed by atoms with Crippen molar-refractivity contribution in [3.05, 3.63) is 29.6 Å². The van der Waals surface area contributed by atoms with E-state index in [0.29, 0.717) is 23.1 Å². The molecule has 1 N–H and O–H groups in total. The molecule has 0 amide bonds. The Morgan fingerprint density at radius 2 is 1.71 bits per heavy atom. The smallest absolute Gasteiger partial charge is 0.132 e. The maximum Gasteiger partial charge on any atom is 0.132 e. The lowest BCUT2D eigenvalue weighted by molar-refractivity contribution is -0.0915. The number of ether oxygens (including phenoxy) is 1. The molecule has 1 aromatic rings. The SMILES string of the molecule is COc1ccc(C(O)C2C3CC4CC(C3)CC2C4)c(F)c1. The van der Waals surface area contributed by atoms with Crippen molar-refractivity contribution in [3.63, 3.8) is 0 Å². The Labute approximate surface area is 125 Å². The summed E-state index contributed by atoms with van der Waals surface area (Å²) in [6, 6.07) is 4.83. The molecule has 4 fully saturated rings. The predicted molar refractivity (Wildman–Crippen MR) is 78.4 cm³/mol. The van der Waals surface area contributed by atoms with Gasteiger partial charge in [0.05, 0.1) is 13.2 Å². The highest BCUT2D eigenvalue weighted by Gasteiger charge is 2.50. The number of rotatable bonds is 3. The molecule has 1 aromatic carbocycles. The lowest BCUT2D eigenvalue weighted by Crippen LogP contribution is -2.47. The minimum atomic E-state index is -0.661. The molecule has 1 atom stereocenters. The zero-order chi connectivity index (χ0) is 14.6. The van der Waals surface area contributed by atoms with Gasteiger partial charge in [0.1, 0.15) is 11.6 Å². The first-order valence-electron chi connectivity index (χ1n) is 8.17. The molecule has 4 saturated carbocycles. The first-order chi connectivity index (χ1) is 10.2. The summed E-state index contributed by atoms with van der Waals surface area (Å²) >= 11 is 0. The van der Waals surface area contributed by atoms with E-state index in [-0.39, 0.29) is 11.7 Å².